The smallest absolute Gasteiger partial charge is 0.422 e. The van der Waals surface area contributed by atoms with Gasteiger partial charge in [-0.2, -0.15) is 23.1 Å². The van der Waals surface area contributed by atoms with Gasteiger partial charge >= 0.3 is 24.0 Å². The molecule has 0 spiro atoms. The largest absolute Gasteiger partial charge is 0.454 e. The van der Waals surface area contributed by atoms with E-state index in [2.05, 4.69) is 41.5 Å². The van der Waals surface area contributed by atoms with Crippen molar-refractivity contribution in [3.8, 4) is 6.01 Å². The molecular weight excluding hydrogens is 691 g/mol. The summed E-state index contributed by atoms with van der Waals surface area (Å²) in [6.07, 6.45) is -3.36. The summed E-state index contributed by atoms with van der Waals surface area (Å²) in [6, 6.07) is 13.0. The molecule has 0 aliphatic rings. The second-order valence-electron chi connectivity index (χ2n) is 11.5. The molecule has 0 saturated heterocycles. The first-order valence-corrected chi connectivity index (χ1v) is 15.0. The van der Waals surface area contributed by atoms with Gasteiger partial charge in [-0.1, -0.05) is 37.6 Å². The molecule has 0 bridgehead atoms. The molecule has 3 amide bonds. The Bertz CT molecular complexity index is 1810. The first kappa shape index (κ1) is 37.2. The van der Waals surface area contributed by atoms with Crippen LogP contribution < -0.4 is 31.3 Å². The van der Waals surface area contributed by atoms with E-state index in [1.54, 1.807) is 38.1 Å². The van der Waals surface area contributed by atoms with Crippen LogP contribution in [0.3, 0.4) is 0 Å². The van der Waals surface area contributed by atoms with Crippen LogP contribution in [0, 0.1) is 17.0 Å². The number of rotatable bonds is 13. The Hall–Kier alpha value is -5.58. The fraction of sp³-hybridized carbons (Fsp3) is 0.250. The van der Waals surface area contributed by atoms with Gasteiger partial charge in [0, 0.05) is 48.7 Å². The number of aromatic nitrogens is 3. The molecule has 2 aromatic heterocycles. The first-order chi connectivity index (χ1) is 23.5. The number of halogens is 6. The highest BCUT2D eigenvalue weighted by Crippen LogP contribution is 2.23. The zero-order valence-electron chi connectivity index (χ0n) is 26.4. The Kier molecular flexibility index (Phi) is 12.1. The minimum atomic E-state index is -4.62. The summed E-state index contributed by atoms with van der Waals surface area (Å²) in [6.45, 7) is 2.12. The van der Waals surface area contributed by atoms with Crippen molar-refractivity contribution in [2.75, 3.05) is 35.6 Å². The van der Waals surface area contributed by atoms with Crippen molar-refractivity contribution >= 4 is 52.5 Å². The van der Waals surface area contributed by atoms with Crippen molar-refractivity contribution in [1.82, 2.24) is 25.6 Å². The SMILES string of the molecule is CC(C)(CNC(=O)C(=O)Nc1cc(F)cc(F)c1)CNC(=O)c1ccc(Nc2cc(NCc3ccc(Cl)cc3)nc(OCC(F)(F)F)n2)nc1. The van der Waals surface area contributed by atoms with Crippen LogP contribution in [0.4, 0.5) is 45.1 Å². The predicted molar refractivity (Wildman–Crippen MR) is 174 cm³/mol. The van der Waals surface area contributed by atoms with Gasteiger partial charge in [0.2, 0.25) is 0 Å². The summed E-state index contributed by atoms with van der Waals surface area (Å²) in [5.41, 5.74) is 0.0313. The van der Waals surface area contributed by atoms with Crippen LogP contribution >= 0.6 is 11.6 Å². The number of hydrogen-bond acceptors (Lipinski definition) is 9. The normalized spacial score (nSPS) is 11.4. The van der Waals surface area contributed by atoms with Gasteiger partial charge in [-0.25, -0.2) is 13.8 Å². The van der Waals surface area contributed by atoms with E-state index in [0.29, 0.717) is 11.1 Å². The Morgan fingerprint density at radius 1 is 0.820 bits per heavy atom. The molecule has 12 nitrogen and oxygen atoms in total. The van der Waals surface area contributed by atoms with Crippen molar-refractivity contribution in [1.29, 1.82) is 0 Å². The molecule has 0 unspecified atom stereocenters. The number of carbonyl (C=O) groups is 3. The zero-order chi connectivity index (χ0) is 36.5. The van der Waals surface area contributed by atoms with E-state index in [-0.39, 0.29) is 48.3 Å². The number of alkyl halides is 3. The van der Waals surface area contributed by atoms with Crippen molar-refractivity contribution < 1.29 is 41.1 Å². The summed E-state index contributed by atoms with van der Waals surface area (Å²) in [7, 11) is 0. The lowest BCUT2D eigenvalue weighted by atomic mass is 9.93. The van der Waals surface area contributed by atoms with Gasteiger partial charge in [0.15, 0.2) is 6.61 Å². The van der Waals surface area contributed by atoms with Gasteiger partial charge in [-0.15, -0.1) is 0 Å². The first-order valence-electron chi connectivity index (χ1n) is 14.7. The Labute approximate surface area is 287 Å². The topological polar surface area (TPSA) is 159 Å². The maximum Gasteiger partial charge on any atom is 0.422 e. The van der Waals surface area contributed by atoms with Crippen molar-refractivity contribution in [3.63, 3.8) is 0 Å². The Morgan fingerprint density at radius 2 is 1.48 bits per heavy atom. The lowest BCUT2D eigenvalue weighted by Gasteiger charge is -2.25. The lowest BCUT2D eigenvalue weighted by molar-refractivity contribution is -0.154. The number of carbonyl (C=O) groups excluding carboxylic acids is 3. The molecule has 0 aliphatic carbocycles. The highest BCUT2D eigenvalue weighted by molar-refractivity contribution is 6.39. The minimum absolute atomic E-state index is 0.0394. The molecule has 2 aromatic carbocycles. The van der Waals surface area contributed by atoms with E-state index in [4.69, 9.17) is 16.3 Å². The number of anilines is 4. The Balaban J connectivity index is 1.31. The molecule has 4 rings (SSSR count). The third-order valence-corrected chi connectivity index (χ3v) is 6.77. The van der Waals surface area contributed by atoms with Gasteiger partial charge in [0.05, 0.1) is 5.56 Å². The van der Waals surface area contributed by atoms with Crippen LogP contribution in [0.25, 0.3) is 0 Å². The number of pyridine rings is 1. The van der Waals surface area contributed by atoms with Crippen molar-refractivity contribution in [3.05, 3.63) is 94.6 Å². The summed E-state index contributed by atoms with van der Waals surface area (Å²) in [5, 5.41) is 13.6. The van der Waals surface area contributed by atoms with Crippen molar-refractivity contribution in [2.45, 2.75) is 26.6 Å². The summed E-state index contributed by atoms with van der Waals surface area (Å²) >= 11 is 5.91. The lowest BCUT2D eigenvalue weighted by Crippen LogP contribution is -2.45. The second-order valence-corrected chi connectivity index (χ2v) is 11.9. The van der Waals surface area contributed by atoms with Crippen molar-refractivity contribution in [2.24, 2.45) is 5.41 Å². The Morgan fingerprint density at radius 3 is 2.12 bits per heavy atom. The number of ether oxygens (including phenoxy) is 1. The van der Waals surface area contributed by atoms with Gasteiger partial charge in [-0.05, 0) is 47.4 Å². The minimum Gasteiger partial charge on any atom is -0.454 e. The molecular formula is C32H30ClF5N8O4. The molecule has 0 aliphatic heterocycles. The third-order valence-electron chi connectivity index (χ3n) is 6.52. The monoisotopic (exact) mass is 720 g/mol. The average Bonchev–Trinajstić information content (AvgIpc) is 3.04. The molecule has 18 heteroatoms. The second kappa shape index (κ2) is 16.2. The molecule has 5 N–H and O–H groups in total. The molecule has 0 saturated carbocycles. The molecule has 0 atom stereocenters. The number of benzene rings is 2. The fourth-order valence-electron chi connectivity index (χ4n) is 4.02. The highest BCUT2D eigenvalue weighted by Gasteiger charge is 2.29. The fourth-order valence-corrected chi connectivity index (χ4v) is 4.14. The van der Waals surface area contributed by atoms with Gasteiger partial charge in [-0.3, -0.25) is 14.4 Å². The number of hydrogen-bond donors (Lipinski definition) is 5. The van der Waals surface area contributed by atoms with E-state index in [1.165, 1.54) is 24.4 Å². The predicted octanol–water partition coefficient (Wildman–Crippen LogP) is 5.61. The summed E-state index contributed by atoms with van der Waals surface area (Å²) in [5.74, 6) is -4.12. The molecule has 4 aromatic rings. The van der Waals surface area contributed by atoms with Crippen LogP contribution in [-0.2, 0) is 16.1 Å². The third kappa shape index (κ3) is 12.1. The van der Waals surface area contributed by atoms with Crippen LogP contribution in [0.5, 0.6) is 6.01 Å². The van der Waals surface area contributed by atoms with E-state index in [9.17, 15) is 36.3 Å². The number of amides is 3. The van der Waals surface area contributed by atoms with E-state index < -0.39 is 53.6 Å². The quantitative estimate of drug-likeness (QED) is 0.0874. The standard InChI is InChI=1S/C32H30ClF5N8O4/c1-31(2,16-42-28(48)29(49)43-23-10-21(34)9-22(35)11-23)15-41-27(47)19-5-8-24(40-14-19)44-26-12-25(39-13-18-3-6-20(33)7-4-18)45-30(46-26)50-17-32(36,37)38/h3-12,14H,13,15-17H2,1-2H3,(H,41,47)(H,42,48)(H,43,49)(H2,39,40,44,45,46). The molecule has 0 fully saturated rings. The van der Waals surface area contributed by atoms with Gasteiger partial charge in [0.25, 0.3) is 5.91 Å². The maximum atomic E-state index is 13.3. The number of nitrogens with zero attached hydrogens (tertiary/aromatic N) is 3. The van der Waals surface area contributed by atoms with Gasteiger partial charge in [0.1, 0.15) is 29.1 Å². The van der Waals surface area contributed by atoms with Crippen LogP contribution in [0.15, 0.2) is 66.9 Å². The molecule has 50 heavy (non-hydrogen) atoms. The molecule has 2 heterocycles. The summed E-state index contributed by atoms with van der Waals surface area (Å²) in [4.78, 5) is 49.3. The van der Waals surface area contributed by atoms with E-state index >= 15 is 0 Å². The highest BCUT2D eigenvalue weighted by atomic mass is 35.5. The van der Waals surface area contributed by atoms with Crippen LogP contribution in [0.2, 0.25) is 5.02 Å². The average molecular weight is 721 g/mol. The number of nitrogens with one attached hydrogen (secondary N) is 5. The summed E-state index contributed by atoms with van der Waals surface area (Å²) < 4.78 is 69.8. The van der Waals surface area contributed by atoms with Gasteiger partial charge < -0.3 is 31.3 Å². The zero-order valence-corrected chi connectivity index (χ0v) is 27.2. The molecule has 264 valence electrons. The molecule has 0 radical (unpaired) electrons. The van der Waals surface area contributed by atoms with E-state index in [1.807, 2.05) is 0 Å². The van der Waals surface area contributed by atoms with E-state index in [0.717, 1.165) is 17.7 Å². The van der Waals surface area contributed by atoms with Crippen LogP contribution in [0.1, 0.15) is 29.8 Å². The maximum absolute atomic E-state index is 13.3. The van der Waals surface area contributed by atoms with Crippen LogP contribution in [-0.4, -0.2) is 58.5 Å².